The van der Waals surface area contributed by atoms with Crippen LogP contribution in [0.1, 0.15) is 31.7 Å². The van der Waals surface area contributed by atoms with E-state index in [1.165, 1.54) is 0 Å². The first kappa shape index (κ1) is 14.7. The van der Waals surface area contributed by atoms with Crippen LogP contribution < -0.4 is 5.32 Å². The summed E-state index contributed by atoms with van der Waals surface area (Å²) >= 11 is 1.56. The van der Waals surface area contributed by atoms with Gasteiger partial charge in [0.1, 0.15) is 5.01 Å². The van der Waals surface area contributed by atoms with Crippen molar-refractivity contribution < 1.29 is 4.79 Å². The van der Waals surface area contributed by atoms with Crippen molar-refractivity contribution in [3.05, 3.63) is 34.9 Å². The van der Waals surface area contributed by atoms with Gasteiger partial charge in [0.15, 0.2) is 0 Å². The Balaban J connectivity index is 1.95. The number of nitrogens with one attached hydrogen (secondary N) is 1. The highest BCUT2D eigenvalue weighted by Gasteiger charge is 2.14. The maximum Gasteiger partial charge on any atom is 0.223 e. The van der Waals surface area contributed by atoms with Crippen molar-refractivity contribution >= 4 is 17.2 Å². The molecule has 0 aliphatic carbocycles. The first-order valence-electron chi connectivity index (χ1n) is 6.87. The Hall–Kier alpha value is -1.75. The highest BCUT2D eigenvalue weighted by Crippen LogP contribution is 2.20. The third-order valence-electron chi connectivity index (χ3n) is 3.28. The summed E-state index contributed by atoms with van der Waals surface area (Å²) in [4.78, 5) is 20.5. The Kier molecular flexibility index (Phi) is 5.24. The highest BCUT2D eigenvalue weighted by molar-refractivity contribution is 7.09. The second-order valence-electron chi connectivity index (χ2n) is 4.60. The Morgan fingerprint density at radius 3 is 2.85 bits per heavy atom. The normalized spacial score (nSPS) is 10.8. The first-order valence-corrected chi connectivity index (χ1v) is 7.75. The highest BCUT2D eigenvalue weighted by atomic mass is 32.1. The first-order chi connectivity index (χ1) is 9.74. The minimum absolute atomic E-state index is 0.104. The van der Waals surface area contributed by atoms with Crippen LogP contribution in [0.3, 0.4) is 0 Å². The lowest BCUT2D eigenvalue weighted by Crippen LogP contribution is -2.29. The molecule has 0 saturated carbocycles. The lowest BCUT2D eigenvalue weighted by molar-refractivity contribution is -0.125. The Labute approximate surface area is 123 Å². The molecule has 0 unspecified atom stereocenters. The summed E-state index contributed by atoms with van der Waals surface area (Å²) in [5, 5.41) is 5.87. The molecule has 0 aliphatic rings. The monoisotopic (exact) mass is 289 g/mol. The number of hydrogen-bond acceptors (Lipinski definition) is 4. The van der Waals surface area contributed by atoms with Gasteiger partial charge in [-0.25, -0.2) is 4.98 Å². The van der Waals surface area contributed by atoms with Crippen LogP contribution >= 0.6 is 11.3 Å². The average Bonchev–Trinajstić information content (AvgIpc) is 2.96. The summed E-state index contributed by atoms with van der Waals surface area (Å²) in [6, 6.07) is 3.87. The van der Waals surface area contributed by atoms with Gasteiger partial charge in [-0.2, -0.15) is 0 Å². The molecule has 2 aromatic rings. The number of aromatic nitrogens is 2. The maximum absolute atomic E-state index is 11.9. The van der Waals surface area contributed by atoms with Crippen LogP contribution in [0, 0.1) is 5.92 Å². The van der Waals surface area contributed by atoms with Gasteiger partial charge in [-0.15, -0.1) is 11.3 Å². The van der Waals surface area contributed by atoms with Gasteiger partial charge in [-0.05, 0) is 25.0 Å². The molecule has 0 aromatic carbocycles. The number of thiazole rings is 1. The molecule has 0 radical (unpaired) electrons. The Bertz CT molecular complexity index is 549. The fourth-order valence-corrected chi connectivity index (χ4v) is 2.75. The van der Waals surface area contributed by atoms with Crippen LogP contribution in [0.25, 0.3) is 11.3 Å². The fraction of sp³-hybridized carbons (Fsp3) is 0.400. The van der Waals surface area contributed by atoms with Crippen molar-refractivity contribution in [3.63, 3.8) is 0 Å². The molecule has 0 fully saturated rings. The molecular weight excluding hydrogens is 270 g/mol. The predicted octanol–water partition coefficient (Wildman–Crippen LogP) is 3.26. The van der Waals surface area contributed by atoms with Crippen molar-refractivity contribution in [1.29, 1.82) is 0 Å². The van der Waals surface area contributed by atoms with Gasteiger partial charge in [0.2, 0.25) is 5.91 Å². The molecule has 2 aromatic heterocycles. The van der Waals surface area contributed by atoms with Gasteiger partial charge in [-0.1, -0.05) is 13.8 Å². The van der Waals surface area contributed by atoms with Gasteiger partial charge in [0, 0.05) is 29.3 Å². The molecule has 20 heavy (non-hydrogen) atoms. The largest absolute Gasteiger partial charge is 0.349 e. The van der Waals surface area contributed by atoms with Crippen LogP contribution in [0.5, 0.6) is 0 Å². The van der Waals surface area contributed by atoms with E-state index in [0.717, 1.165) is 29.1 Å². The van der Waals surface area contributed by atoms with Gasteiger partial charge in [-0.3, -0.25) is 9.78 Å². The van der Waals surface area contributed by atoms with Gasteiger partial charge in [0.05, 0.1) is 12.2 Å². The van der Waals surface area contributed by atoms with E-state index in [2.05, 4.69) is 15.3 Å². The Morgan fingerprint density at radius 2 is 2.20 bits per heavy atom. The Morgan fingerprint density at radius 1 is 1.40 bits per heavy atom. The van der Waals surface area contributed by atoms with E-state index in [9.17, 15) is 4.79 Å². The molecule has 4 nitrogen and oxygen atoms in total. The number of rotatable bonds is 6. The van der Waals surface area contributed by atoms with Crippen LogP contribution in [0.4, 0.5) is 0 Å². The molecule has 0 bridgehead atoms. The van der Waals surface area contributed by atoms with Crippen molar-refractivity contribution in [2.75, 3.05) is 0 Å². The average molecular weight is 289 g/mol. The van der Waals surface area contributed by atoms with Crippen LogP contribution in [-0.2, 0) is 11.3 Å². The summed E-state index contributed by atoms with van der Waals surface area (Å²) in [5.41, 5.74) is 1.91. The molecule has 0 saturated heterocycles. The number of carbonyl (C=O) groups excluding carboxylic acids is 1. The minimum Gasteiger partial charge on any atom is -0.349 e. The number of carbonyl (C=O) groups is 1. The van der Waals surface area contributed by atoms with E-state index >= 15 is 0 Å². The summed E-state index contributed by atoms with van der Waals surface area (Å²) in [5.74, 6) is 0.223. The van der Waals surface area contributed by atoms with Crippen LogP contribution in [0.15, 0.2) is 29.9 Å². The number of nitrogens with zero attached hydrogens (tertiary/aromatic N) is 2. The van der Waals surface area contributed by atoms with Crippen LogP contribution in [0.2, 0.25) is 0 Å². The maximum atomic E-state index is 11.9. The van der Waals surface area contributed by atoms with Crippen molar-refractivity contribution in [3.8, 4) is 11.3 Å². The predicted molar refractivity (Wildman–Crippen MR) is 81.3 cm³/mol. The molecule has 2 heterocycles. The third kappa shape index (κ3) is 3.63. The lowest BCUT2D eigenvalue weighted by Gasteiger charge is -2.11. The topological polar surface area (TPSA) is 54.9 Å². The molecule has 2 rings (SSSR count). The summed E-state index contributed by atoms with van der Waals surface area (Å²) in [7, 11) is 0. The van der Waals surface area contributed by atoms with Crippen molar-refractivity contribution in [2.24, 2.45) is 5.92 Å². The van der Waals surface area contributed by atoms with E-state index in [4.69, 9.17) is 0 Å². The van der Waals surface area contributed by atoms with Crippen LogP contribution in [-0.4, -0.2) is 15.9 Å². The van der Waals surface area contributed by atoms with E-state index in [1.807, 2.05) is 31.4 Å². The number of amides is 1. The lowest BCUT2D eigenvalue weighted by atomic mass is 10.0. The van der Waals surface area contributed by atoms with Crippen molar-refractivity contribution in [2.45, 2.75) is 33.2 Å². The van der Waals surface area contributed by atoms with E-state index in [0.29, 0.717) is 6.54 Å². The summed E-state index contributed by atoms with van der Waals surface area (Å²) in [6.45, 7) is 4.58. The van der Waals surface area contributed by atoms with E-state index < -0.39 is 0 Å². The second kappa shape index (κ2) is 7.14. The SMILES string of the molecule is CCC(CC)C(=O)NCc1nc(-c2cccnc2)cs1. The number of pyridine rings is 1. The third-order valence-corrected chi connectivity index (χ3v) is 4.13. The molecule has 106 valence electrons. The van der Waals surface area contributed by atoms with Crippen molar-refractivity contribution in [1.82, 2.24) is 15.3 Å². The van der Waals surface area contributed by atoms with E-state index in [-0.39, 0.29) is 11.8 Å². The zero-order valence-electron chi connectivity index (χ0n) is 11.8. The number of hydrogen-bond donors (Lipinski definition) is 1. The zero-order valence-corrected chi connectivity index (χ0v) is 12.6. The molecule has 1 amide bonds. The van der Waals surface area contributed by atoms with Gasteiger partial charge in [0.25, 0.3) is 0 Å². The molecule has 0 spiro atoms. The minimum atomic E-state index is 0.104. The molecule has 5 heteroatoms. The van der Waals surface area contributed by atoms with Gasteiger partial charge >= 0.3 is 0 Å². The quantitative estimate of drug-likeness (QED) is 0.888. The smallest absolute Gasteiger partial charge is 0.223 e. The molecule has 0 atom stereocenters. The fourth-order valence-electron chi connectivity index (χ4n) is 2.01. The zero-order chi connectivity index (χ0) is 14.4. The molecule has 0 aliphatic heterocycles. The van der Waals surface area contributed by atoms with E-state index in [1.54, 1.807) is 23.7 Å². The summed E-state index contributed by atoms with van der Waals surface area (Å²) < 4.78 is 0. The standard InChI is InChI=1S/C15H19N3OS/c1-3-11(4-2)15(19)17-9-14-18-13(10-20-14)12-6-5-7-16-8-12/h5-8,10-11H,3-4,9H2,1-2H3,(H,17,19). The summed E-state index contributed by atoms with van der Waals surface area (Å²) in [6.07, 6.45) is 5.29. The second-order valence-corrected chi connectivity index (χ2v) is 5.54. The van der Waals surface area contributed by atoms with Gasteiger partial charge < -0.3 is 5.32 Å². The molecule has 1 N–H and O–H groups in total. The molecular formula is C15H19N3OS.